The summed E-state index contributed by atoms with van der Waals surface area (Å²) in [5.41, 5.74) is 1.74. The first kappa shape index (κ1) is 17.0. The Bertz CT molecular complexity index is 491. The molecule has 0 radical (unpaired) electrons. The van der Waals surface area contributed by atoms with Crippen molar-refractivity contribution in [2.45, 2.75) is 38.6 Å². The highest BCUT2D eigenvalue weighted by molar-refractivity contribution is 5.92. The monoisotopic (exact) mass is 294 g/mol. The van der Waals surface area contributed by atoms with Crippen LogP contribution in [0.2, 0.25) is 0 Å². The third kappa shape index (κ3) is 5.43. The van der Waals surface area contributed by atoms with Crippen LogP contribution in [-0.4, -0.2) is 34.9 Å². The smallest absolute Gasteiger partial charge is 0.326 e. The van der Waals surface area contributed by atoms with Gasteiger partial charge >= 0.3 is 12.0 Å². The lowest BCUT2D eigenvalue weighted by Crippen LogP contribution is -2.43. The summed E-state index contributed by atoms with van der Waals surface area (Å²) in [6.45, 7) is 5.97. The Morgan fingerprint density at radius 2 is 1.76 bits per heavy atom. The Kier molecular flexibility index (Phi) is 5.72. The maximum atomic E-state index is 11.7. The molecule has 0 bridgehead atoms. The molecule has 0 unspecified atom stereocenters. The van der Waals surface area contributed by atoms with Gasteiger partial charge in [-0.05, 0) is 23.1 Å². The van der Waals surface area contributed by atoms with Crippen LogP contribution >= 0.6 is 0 Å². The van der Waals surface area contributed by atoms with E-state index in [0.717, 1.165) is 5.56 Å². The van der Waals surface area contributed by atoms with Gasteiger partial charge in [-0.15, -0.1) is 0 Å². The molecule has 21 heavy (non-hydrogen) atoms. The number of urea groups is 1. The van der Waals surface area contributed by atoms with Gasteiger partial charge < -0.3 is 20.8 Å². The number of rotatable bonds is 5. The minimum Gasteiger partial charge on any atom is -0.480 e. The molecular formula is C15H22N2O4. The molecule has 0 spiro atoms. The number of carbonyl (C=O) groups excluding carboxylic acids is 1. The fourth-order valence-electron chi connectivity index (χ4n) is 1.77. The average Bonchev–Trinajstić information content (AvgIpc) is 2.37. The van der Waals surface area contributed by atoms with Crippen molar-refractivity contribution in [1.29, 1.82) is 0 Å². The van der Waals surface area contributed by atoms with Crippen LogP contribution < -0.4 is 10.6 Å². The highest BCUT2D eigenvalue weighted by Crippen LogP contribution is 2.23. The number of benzene rings is 1. The molecule has 0 saturated heterocycles. The molecule has 0 saturated carbocycles. The lowest BCUT2D eigenvalue weighted by Gasteiger charge is -2.19. The number of amides is 2. The van der Waals surface area contributed by atoms with Crippen molar-refractivity contribution >= 4 is 17.7 Å². The van der Waals surface area contributed by atoms with Crippen molar-refractivity contribution in [3.05, 3.63) is 29.8 Å². The van der Waals surface area contributed by atoms with E-state index in [1.807, 2.05) is 12.1 Å². The Morgan fingerprint density at radius 1 is 1.19 bits per heavy atom. The van der Waals surface area contributed by atoms with Crippen molar-refractivity contribution in [2.24, 2.45) is 0 Å². The van der Waals surface area contributed by atoms with Crippen LogP contribution in [0, 0.1) is 0 Å². The molecule has 4 N–H and O–H groups in total. The van der Waals surface area contributed by atoms with Gasteiger partial charge in [0.2, 0.25) is 0 Å². The molecule has 0 aliphatic carbocycles. The largest absolute Gasteiger partial charge is 0.480 e. The number of anilines is 1. The summed E-state index contributed by atoms with van der Waals surface area (Å²) in [7, 11) is 0. The third-order valence-electron chi connectivity index (χ3n) is 3.03. The van der Waals surface area contributed by atoms with E-state index in [4.69, 9.17) is 10.2 Å². The minimum absolute atomic E-state index is 0.0241. The Hall–Kier alpha value is -2.08. The molecule has 0 heterocycles. The summed E-state index contributed by atoms with van der Waals surface area (Å²) in [4.78, 5) is 22.6. The number of aliphatic carboxylic acids is 1. The fourth-order valence-corrected chi connectivity index (χ4v) is 1.77. The number of aliphatic hydroxyl groups is 1. The van der Waals surface area contributed by atoms with Crippen molar-refractivity contribution in [1.82, 2.24) is 5.32 Å². The lowest BCUT2D eigenvalue weighted by atomic mass is 9.87. The van der Waals surface area contributed by atoms with Gasteiger partial charge in [0, 0.05) is 18.7 Å². The van der Waals surface area contributed by atoms with Crippen LogP contribution in [0.5, 0.6) is 0 Å². The molecule has 1 aromatic rings. The molecule has 1 aromatic carbocycles. The molecule has 2 amide bonds. The zero-order valence-electron chi connectivity index (χ0n) is 12.5. The molecular weight excluding hydrogens is 272 g/mol. The van der Waals surface area contributed by atoms with E-state index in [1.165, 1.54) is 0 Å². The van der Waals surface area contributed by atoms with Gasteiger partial charge in [0.15, 0.2) is 0 Å². The molecule has 116 valence electrons. The standard InChI is InChI=1S/C15H22N2O4/c1-15(2,3)10-4-6-11(7-5-10)16-14(21)17-12(8-9-18)13(19)20/h4-7,12,18H,8-9H2,1-3H3,(H,19,20)(H2,16,17,21)/t12-/m1/s1. The summed E-state index contributed by atoms with van der Waals surface area (Å²) in [5, 5.41) is 22.5. The van der Waals surface area contributed by atoms with Crippen LogP contribution in [0.3, 0.4) is 0 Å². The Morgan fingerprint density at radius 3 is 2.19 bits per heavy atom. The fraction of sp³-hybridized carbons (Fsp3) is 0.467. The normalized spacial score (nSPS) is 12.6. The van der Waals surface area contributed by atoms with Crippen molar-refractivity contribution in [3.8, 4) is 0 Å². The molecule has 0 aliphatic heterocycles. The number of nitrogens with one attached hydrogen (secondary N) is 2. The maximum absolute atomic E-state index is 11.7. The molecule has 1 atom stereocenters. The van der Waals surface area contributed by atoms with Gasteiger partial charge in [-0.25, -0.2) is 9.59 Å². The quantitative estimate of drug-likeness (QED) is 0.667. The molecule has 0 fully saturated rings. The van der Waals surface area contributed by atoms with Gasteiger partial charge in [-0.2, -0.15) is 0 Å². The SMILES string of the molecule is CC(C)(C)c1ccc(NC(=O)N[C@H](CCO)C(=O)O)cc1. The van der Waals surface area contributed by atoms with Crippen molar-refractivity contribution in [3.63, 3.8) is 0 Å². The van der Waals surface area contributed by atoms with Crippen LogP contribution in [0.25, 0.3) is 0 Å². The molecule has 0 aromatic heterocycles. The van der Waals surface area contributed by atoms with Gasteiger partial charge in [-0.3, -0.25) is 0 Å². The minimum atomic E-state index is -1.18. The van der Waals surface area contributed by atoms with Gasteiger partial charge in [0.1, 0.15) is 6.04 Å². The molecule has 6 nitrogen and oxygen atoms in total. The van der Waals surface area contributed by atoms with Crippen LogP contribution in [-0.2, 0) is 10.2 Å². The van der Waals surface area contributed by atoms with E-state index in [0.29, 0.717) is 5.69 Å². The van der Waals surface area contributed by atoms with Gasteiger partial charge in [0.05, 0.1) is 0 Å². The molecule has 0 aliphatic rings. The first-order chi connectivity index (χ1) is 9.74. The number of carbonyl (C=O) groups is 2. The summed E-state index contributed by atoms with van der Waals surface area (Å²) >= 11 is 0. The van der Waals surface area contributed by atoms with E-state index in [-0.39, 0.29) is 18.4 Å². The average molecular weight is 294 g/mol. The number of hydrogen-bond donors (Lipinski definition) is 4. The number of aliphatic hydroxyl groups excluding tert-OH is 1. The predicted octanol–water partition coefficient (Wildman–Crippen LogP) is 1.94. The second-order valence-corrected chi connectivity index (χ2v) is 5.83. The highest BCUT2D eigenvalue weighted by atomic mass is 16.4. The highest BCUT2D eigenvalue weighted by Gasteiger charge is 2.19. The number of carboxylic acid groups (broad SMARTS) is 1. The third-order valence-corrected chi connectivity index (χ3v) is 3.03. The zero-order valence-corrected chi connectivity index (χ0v) is 12.5. The number of carboxylic acids is 1. The van der Waals surface area contributed by atoms with Gasteiger partial charge in [-0.1, -0.05) is 32.9 Å². The Balaban J connectivity index is 2.64. The van der Waals surface area contributed by atoms with Crippen LogP contribution in [0.15, 0.2) is 24.3 Å². The van der Waals surface area contributed by atoms with E-state index in [9.17, 15) is 9.59 Å². The van der Waals surface area contributed by atoms with Crippen molar-refractivity contribution < 1.29 is 19.8 Å². The summed E-state index contributed by atoms with van der Waals surface area (Å²) in [6.07, 6.45) is -0.0360. The Labute approximate surface area is 124 Å². The molecule has 6 heteroatoms. The first-order valence-corrected chi connectivity index (χ1v) is 6.76. The predicted molar refractivity (Wildman–Crippen MR) is 80.4 cm³/mol. The van der Waals surface area contributed by atoms with E-state index >= 15 is 0 Å². The van der Waals surface area contributed by atoms with Crippen molar-refractivity contribution in [2.75, 3.05) is 11.9 Å². The van der Waals surface area contributed by atoms with E-state index in [1.54, 1.807) is 12.1 Å². The maximum Gasteiger partial charge on any atom is 0.326 e. The molecule has 1 rings (SSSR count). The topological polar surface area (TPSA) is 98.7 Å². The second-order valence-electron chi connectivity index (χ2n) is 5.83. The van der Waals surface area contributed by atoms with E-state index in [2.05, 4.69) is 31.4 Å². The lowest BCUT2D eigenvalue weighted by molar-refractivity contribution is -0.139. The van der Waals surface area contributed by atoms with Crippen LogP contribution in [0.1, 0.15) is 32.8 Å². The second kappa shape index (κ2) is 7.08. The summed E-state index contributed by atoms with van der Waals surface area (Å²) < 4.78 is 0. The first-order valence-electron chi connectivity index (χ1n) is 6.76. The zero-order chi connectivity index (χ0) is 16.0. The van der Waals surface area contributed by atoms with E-state index < -0.39 is 18.0 Å². The number of hydrogen-bond acceptors (Lipinski definition) is 3. The van der Waals surface area contributed by atoms with Crippen LogP contribution in [0.4, 0.5) is 10.5 Å². The summed E-state index contributed by atoms with van der Waals surface area (Å²) in [6, 6.07) is 5.64. The summed E-state index contributed by atoms with van der Waals surface area (Å²) in [5.74, 6) is -1.18. The van der Waals surface area contributed by atoms with Gasteiger partial charge in [0.25, 0.3) is 0 Å².